The molecule has 1 rings (SSSR count). The van der Waals surface area contributed by atoms with Crippen LogP contribution in [0, 0.1) is 0 Å². The topological polar surface area (TPSA) is 58.4 Å². The lowest BCUT2D eigenvalue weighted by molar-refractivity contribution is -0.131. The van der Waals surface area contributed by atoms with Crippen LogP contribution in [0.25, 0.3) is 0 Å². The summed E-state index contributed by atoms with van der Waals surface area (Å²) < 4.78 is 0. The molecule has 0 spiro atoms. The first-order valence-corrected chi connectivity index (χ1v) is 5.93. The van der Waals surface area contributed by atoms with Crippen molar-refractivity contribution in [2.24, 2.45) is 5.73 Å². The molecule has 1 aliphatic heterocycles. The van der Waals surface area contributed by atoms with Crippen molar-refractivity contribution in [3.63, 3.8) is 0 Å². The summed E-state index contributed by atoms with van der Waals surface area (Å²) >= 11 is 0. The Morgan fingerprint density at radius 3 is 2.33 bits per heavy atom. The molecule has 4 nitrogen and oxygen atoms in total. The van der Waals surface area contributed by atoms with Crippen LogP contribution in [0.5, 0.6) is 0 Å². The molecule has 0 aliphatic carbocycles. The van der Waals surface area contributed by atoms with Gasteiger partial charge < -0.3 is 16.0 Å². The molecule has 1 fully saturated rings. The highest BCUT2D eigenvalue weighted by atomic mass is 16.2. The zero-order chi connectivity index (χ0) is 11.7. The highest BCUT2D eigenvalue weighted by molar-refractivity contribution is 5.73. The summed E-state index contributed by atoms with van der Waals surface area (Å²) in [6.45, 7) is 8.90. The molecular weight excluding hydrogens is 190 g/mol. The number of hydrogen-bond acceptors (Lipinski definition) is 3. The highest BCUT2D eigenvalue weighted by Crippen LogP contribution is 2.11. The van der Waals surface area contributed by atoms with Crippen LogP contribution in [0.1, 0.15) is 33.6 Å². The lowest BCUT2D eigenvalue weighted by atomic mass is 10.0. The summed E-state index contributed by atoms with van der Waals surface area (Å²) in [6, 6.07) is 0.405. The van der Waals surface area contributed by atoms with E-state index in [2.05, 4.69) is 5.32 Å². The van der Waals surface area contributed by atoms with Crippen molar-refractivity contribution in [1.82, 2.24) is 10.2 Å². The van der Waals surface area contributed by atoms with Gasteiger partial charge in [0.1, 0.15) is 0 Å². The maximum Gasteiger partial charge on any atom is 0.219 e. The Morgan fingerprint density at radius 1 is 1.40 bits per heavy atom. The summed E-state index contributed by atoms with van der Waals surface area (Å²) in [4.78, 5) is 13.2. The summed E-state index contributed by atoms with van der Waals surface area (Å²) in [6.07, 6.45) is 2.11. The van der Waals surface area contributed by atoms with Gasteiger partial charge in [-0.3, -0.25) is 4.79 Å². The molecule has 15 heavy (non-hydrogen) atoms. The van der Waals surface area contributed by atoms with Gasteiger partial charge in [0.2, 0.25) is 5.91 Å². The number of carbonyl (C=O) groups excluding carboxylic acids is 1. The lowest BCUT2D eigenvalue weighted by Crippen LogP contribution is -2.47. The molecule has 0 unspecified atom stereocenters. The third kappa shape index (κ3) is 5.14. The third-order valence-electron chi connectivity index (χ3n) is 2.52. The SMILES string of the molecule is CC.CC(=O)N(CCN)C1CCNCC1. The normalized spacial score (nSPS) is 16.5. The Balaban J connectivity index is 0.000000921. The van der Waals surface area contributed by atoms with Gasteiger partial charge in [-0.1, -0.05) is 13.8 Å². The van der Waals surface area contributed by atoms with Crippen LogP contribution >= 0.6 is 0 Å². The predicted molar refractivity (Wildman–Crippen MR) is 63.7 cm³/mol. The van der Waals surface area contributed by atoms with Crippen LogP contribution in [0.2, 0.25) is 0 Å². The van der Waals surface area contributed by atoms with Gasteiger partial charge in [0.15, 0.2) is 0 Å². The fourth-order valence-electron chi connectivity index (χ4n) is 1.85. The zero-order valence-corrected chi connectivity index (χ0v) is 10.3. The smallest absolute Gasteiger partial charge is 0.219 e. The van der Waals surface area contributed by atoms with Gasteiger partial charge >= 0.3 is 0 Å². The van der Waals surface area contributed by atoms with E-state index in [1.807, 2.05) is 18.7 Å². The average Bonchev–Trinajstić information content (AvgIpc) is 2.29. The van der Waals surface area contributed by atoms with E-state index in [4.69, 9.17) is 5.73 Å². The minimum absolute atomic E-state index is 0.150. The minimum Gasteiger partial charge on any atom is -0.339 e. The van der Waals surface area contributed by atoms with Gasteiger partial charge in [0.05, 0.1) is 0 Å². The van der Waals surface area contributed by atoms with Gasteiger partial charge in [0.25, 0.3) is 0 Å². The molecule has 0 saturated carbocycles. The van der Waals surface area contributed by atoms with Crippen LogP contribution in [-0.4, -0.2) is 43.0 Å². The molecule has 1 amide bonds. The van der Waals surface area contributed by atoms with Gasteiger partial charge in [-0.15, -0.1) is 0 Å². The van der Waals surface area contributed by atoms with E-state index in [0.29, 0.717) is 19.1 Å². The summed E-state index contributed by atoms with van der Waals surface area (Å²) in [5.74, 6) is 0.150. The summed E-state index contributed by atoms with van der Waals surface area (Å²) in [7, 11) is 0. The highest BCUT2D eigenvalue weighted by Gasteiger charge is 2.21. The standard InChI is InChI=1S/C9H19N3O.C2H6/c1-8(13)12(7-4-10)9-2-5-11-6-3-9;1-2/h9,11H,2-7,10H2,1H3;1-2H3. The molecule has 0 radical (unpaired) electrons. The number of carbonyl (C=O) groups is 1. The largest absolute Gasteiger partial charge is 0.339 e. The fourth-order valence-corrected chi connectivity index (χ4v) is 1.85. The molecule has 0 atom stereocenters. The Kier molecular flexibility index (Phi) is 8.33. The monoisotopic (exact) mass is 215 g/mol. The maximum atomic E-state index is 11.3. The molecule has 90 valence electrons. The number of nitrogens with two attached hydrogens (primary N) is 1. The Bertz CT molecular complexity index is 167. The quantitative estimate of drug-likeness (QED) is 0.723. The molecule has 0 aromatic rings. The molecular formula is C11H25N3O. The average molecular weight is 215 g/mol. The van der Waals surface area contributed by atoms with E-state index in [1.165, 1.54) is 0 Å². The van der Waals surface area contributed by atoms with E-state index in [0.717, 1.165) is 25.9 Å². The number of amides is 1. The van der Waals surface area contributed by atoms with Gasteiger partial charge in [-0.05, 0) is 25.9 Å². The van der Waals surface area contributed by atoms with E-state index in [-0.39, 0.29) is 5.91 Å². The van der Waals surface area contributed by atoms with Crippen molar-refractivity contribution < 1.29 is 4.79 Å². The van der Waals surface area contributed by atoms with Crippen molar-refractivity contribution >= 4 is 5.91 Å². The van der Waals surface area contributed by atoms with Crippen LogP contribution in [0.4, 0.5) is 0 Å². The third-order valence-corrected chi connectivity index (χ3v) is 2.52. The van der Waals surface area contributed by atoms with Gasteiger partial charge in [-0.25, -0.2) is 0 Å². The number of rotatable bonds is 3. The molecule has 0 aromatic heterocycles. The molecule has 1 heterocycles. The second-order valence-corrected chi connectivity index (χ2v) is 3.48. The minimum atomic E-state index is 0.150. The van der Waals surface area contributed by atoms with E-state index < -0.39 is 0 Å². The molecule has 0 aromatic carbocycles. The first-order valence-electron chi connectivity index (χ1n) is 5.93. The summed E-state index contributed by atoms with van der Waals surface area (Å²) in [5.41, 5.74) is 5.46. The molecule has 3 N–H and O–H groups in total. The molecule has 1 aliphatic rings. The number of hydrogen-bond donors (Lipinski definition) is 2. The van der Waals surface area contributed by atoms with E-state index in [9.17, 15) is 4.79 Å². The predicted octanol–water partition coefficient (Wildman–Crippen LogP) is 0.572. The maximum absolute atomic E-state index is 11.3. The van der Waals surface area contributed by atoms with Crippen molar-refractivity contribution in [2.75, 3.05) is 26.2 Å². The van der Waals surface area contributed by atoms with Crippen LogP contribution < -0.4 is 11.1 Å². The second kappa shape index (κ2) is 8.68. The molecule has 4 heteroatoms. The summed E-state index contributed by atoms with van der Waals surface area (Å²) in [5, 5.41) is 3.28. The van der Waals surface area contributed by atoms with E-state index in [1.54, 1.807) is 6.92 Å². The second-order valence-electron chi connectivity index (χ2n) is 3.48. The fraction of sp³-hybridized carbons (Fsp3) is 0.909. The first-order chi connectivity index (χ1) is 7.25. The number of nitrogens with one attached hydrogen (secondary N) is 1. The lowest BCUT2D eigenvalue weighted by Gasteiger charge is -2.33. The van der Waals surface area contributed by atoms with Crippen molar-refractivity contribution in [2.45, 2.75) is 39.7 Å². The van der Waals surface area contributed by atoms with E-state index >= 15 is 0 Å². The van der Waals surface area contributed by atoms with Gasteiger partial charge in [0, 0.05) is 26.1 Å². The van der Waals surface area contributed by atoms with Crippen LogP contribution in [-0.2, 0) is 4.79 Å². The van der Waals surface area contributed by atoms with Crippen LogP contribution in [0.3, 0.4) is 0 Å². The van der Waals surface area contributed by atoms with Crippen molar-refractivity contribution in [3.8, 4) is 0 Å². The zero-order valence-electron chi connectivity index (χ0n) is 10.3. The van der Waals surface area contributed by atoms with Crippen molar-refractivity contribution in [3.05, 3.63) is 0 Å². The Labute approximate surface area is 93.2 Å². The number of piperidine rings is 1. The van der Waals surface area contributed by atoms with Crippen LogP contribution in [0.15, 0.2) is 0 Å². The van der Waals surface area contributed by atoms with Gasteiger partial charge in [-0.2, -0.15) is 0 Å². The van der Waals surface area contributed by atoms with Crippen molar-refractivity contribution in [1.29, 1.82) is 0 Å². The first kappa shape index (κ1) is 14.4. The molecule has 0 bridgehead atoms. The Hall–Kier alpha value is -0.610. The number of nitrogens with zero attached hydrogens (tertiary/aromatic N) is 1. The Morgan fingerprint density at radius 2 is 1.93 bits per heavy atom. The molecule has 1 saturated heterocycles.